The fourth-order valence-corrected chi connectivity index (χ4v) is 4.29. The van der Waals surface area contributed by atoms with Crippen LogP contribution in [0.25, 0.3) is 11.3 Å². The van der Waals surface area contributed by atoms with Crippen molar-refractivity contribution in [3.63, 3.8) is 0 Å². The molecule has 2 heterocycles. The summed E-state index contributed by atoms with van der Waals surface area (Å²) >= 11 is 0. The maximum absolute atomic E-state index is 13.5. The number of anilines is 1. The normalized spacial score (nSPS) is 16.0. The van der Waals surface area contributed by atoms with E-state index in [1.807, 2.05) is 60.8 Å². The van der Waals surface area contributed by atoms with Crippen LogP contribution in [0.3, 0.4) is 0 Å². The summed E-state index contributed by atoms with van der Waals surface area (Å²) in [5.41, 5.74) is 11.1. The van der Waals surface area contributed by atoms with Gasteiger partial charge in [0.2, 0.25) is 5.91 Å². The van der Waals surface area contributed by atoms with E-state index >= 15 is 0 Å². The number of carbonyl (C=O) groups is 1. The molecule has 1 aliphatic rings. The number of nitrogens with one attached hydrogen (secondary N) is 1. The number of nitrogens with two attached hydrogens (primary N) is 1. The fourth-order valence-electron chi connectivity index (χ4n) is 4.29. The van der Waals surface area contributed by atoms with Gasteiger partial charge >= 0.3 is 0 Å². The molecule has 2 atom stereocenters. The number of amides is 1. The first-order valence-corrected chi connectivity index (χ1v) is 10.7. The number of nitrogens with zero attached hydrogens (tertiary/aromatic N) is 2. The predicted molar refractivity (Wildman–Crippen MR) is 124 cm³/mol. The molecule has 0 aliphatic carbocycles. The number of hydrogen-bond donors (Lipinski definition) is 3. The summed E-state index contributed by atoms with van der Waals surface area (Å²) in [5.74, 6) is 0.783. The van der Waals surface area contributed by atoms with Crippen LogP contribution in [0.5, 0.6) is 5.75 Å². The number of aromatic nitrogens is 2. The number of phenols is 1. The van der Waals surface area contributed by atoms with Gasteiger partial charge in [-0.05, 0) is 35.7 Å². The zero-order chi connectivity index (χ0) is 22.1. The summed E-state index contributed by atoms with van der Waals surface area (Å²) in [6.07, 6.45) is 2.94. The monoisotopic (exact) mass is 424 g/mol. The summed E-state index contributed by atoms with van der Waals surface area (Å²) in [7, 11) is 0. The molecule has 1 amide bonds. The lowest BCUT2D eigenvalue weighted by Crippen LogP contribution is -2.45. The molecule has 32 heavy (non-hydrogen) atoms. The Hall–Kier alpha value is -3.90. The van der Waals surface area contributed by atoms with Gasteiger partial charge in [-0.3, -0.25) is 9.69 Å². The van der Waals surface area contributed by atoms with Crippen LogP contribution in [-0.4, -0.2) is 27.0 Å². The van der Waals surface area contributed by atoms with E-state index in [2.05, 4.69) is 4.98 Å². The molecule has 6 heteroatoms. The second kappa shape index (κ2) is 8.32. The van der Waals surface area contributed by atoms with Crippen molar-refractivity contribution in [2.75, 3.05) is 4.90 Å². The van der Waals surface area contributed by atoms with Crippen molar-refractivity contribution in [2.45, 2.75) is 24.9 Å². The van der Waals surface area contributed by atoms with Crippen LogP contribution in [0.4, 0.5) is 5.69 Å². The first-order chi connectivity index (χ1) is 15.6. The number of rotatable bonds is 5. The summed E-state index contributed by atoms with van der Waals surface area (Å²) in [6, 6.07) is 23.7. The minimum Gasteiger partial charge on any atom is -0.508 e. The maximum Gasteiger partial charge on any atom is 0.244 e. The van der Waals surface area contributed by atoms with Gasteiger partial charge in [0, 0.05) is 23.9 Å². The van der Waals surface area contributed by atoms with Gasteiger partial charge in [0.25, 0.3) is 0 Å². The number of H-pyrrole nitrogens is 1. The van der Waals surface area contributed by atoms with Crippen molar-refractivity contribution in [1.29, 1.82) is 0 Å². The summed E-state index contributed by atoms with van der Waals surface area (Å²) in [6.45, 7) is 0. The average molecular weight is 425 g/mol. The highest BCUT2D eigenvalue weighted by molar-refractivity contribution is 5.99. The number of hydrogen-bond acceptors (Lipinski definition) is 4. The zero-order valence-corrected chi connectivity index (χ0v) is 17.5. The molecule has 0 unspecified atom stereocenters. The Kier molecular flexibility index (Phi) is 5.21. The van der Waals surface area contributed by atoms with Crippen LogP contribution >= 0.6 is 0 Å². The van der Waals surface area contributed by atoms with E-state index in [9.17, 15) is 9.90 Å². The van der Waals surface area contributed by atoms with Crippen LogP contribution in [-0.2, 0) is 17.6 Å². The highest BCUT2D eigenvalue weighted by Gasteiger charge is 2.38. The van der Waals surface area contributed by atoms with Gasteiger partial charge in [0.15, 0.2) is 0 Å². The number of para-hydroxylation sites is 1. The van der Waals surface area contributed by atoms with Crippen LogP contribution in [0.1, 0.15) is 23.0 Å². The zero-order valence-electron chi connectivity index (χ0n) is 17.5. The lowest BCUT2D eigenvalue weighted by molar-refractivity contribution is -0.120. The maximum atomic E-state index is 13.5. The van der Waals surface area contributed by atoms with Crippen LogP contribution in [0.15, 0.2) is 85.1 Å². The molecular weight excluding hydrogens is 400 g/mol. The molecule has 5 rings (SSSR count). The lowest BCUT2D eigenvalue weighted by atomic mass is 10.0. The standard InChI is InChI=1S/C26H24N4O2/c27-21(14-17-10-12-20(31)13-11-17)26(32)30-23-9-5-4-8-19(23)15-24(30)25-28-16-22(29-25)18-6-2-1-3-7-18/h1-13,16,21,24,31H,14-15,27H2,(H,28,29)/t21-,24+/m0/s1. The molecule has 1 aromatic heterocycles. The highest BCUT2D eigenvalue weighted by Crippen LogP contribution is 2.40. The Balaban J connectivity index is 1.44. The first-order valence-electron chi connectivity index (χ1n) is 10.7. The third-order valence-electron chi connectivity index (χ3n) is 5.91. The molecule has 1 aliphatic heterocycles. The van der Waals surface area contributed by atoms with Gasteiger partial charge in [-0.1, -0.05) is 60.7 Å². The molecule has 160 valence electrons. The van der Waals surface area contributed by atoms with Gasteiger partial charge in [-0.15, -0.1) is 0 Å². The molecule has 3 aromatic carbocycles. The quantitative estimate of drug-likeness (QED) is 0.452. The van der Waals surface area contributed by atoms with Crippen molar-refractivity contribution in [3.8, 4) is 17.0 Å². The Morgan fingerprint density at radius 3 is 2.56 bits per heavy atom. The number of phenolic OH excluding ortho intramolecular Hbond substituents is 1. The molecule has 4 N–H and O–H groups in total. The Morgan fingerprint density at radius 2 is 1.78 bits per heavy atom. The van der Waals surface area contributed by atoms with Crippen molar-refractivity contribution in [1.82, 2.24) is 9.97 Å². The van der Waals surface area contributed by atoms with Crippen LogP contribution in [0.2, 0.25) is 0 Å². The second-order valence-corrected chi connectivity index (χ2v) is 8.07. The van der Waals surface area contributed by atoms with Gasteiger partial charge in [0.1, 0.15) is 11.6 Å². The molecule has 0 bridgehead atoms. The van der Waals surface area contributed by atoms with Crippen molar-refractivity contribution in [2.24, 2.45) is 5.73 Å². The minimum absolute atomic E-state index is 0.148. The third-order valence-corrected chi connectivity index (χ3v) is 5.91. The number of carbonyl (C=O) groups excluding carboxylic acids is 1. The smallest absolute Gasteiger partial charge is 0.244 e. The molecular formula is C26H24N4O2. The predicted octanol–water partition coefficient (Wildman–Crippen LogP) is 3.98. The minimum atomic E-state index is -0.711. The number of imidazole rings is 1. The van der Waals surface area contributed by atoms with Crippen molar-refractivity contribution in [3.05, 3.63) is 102 Å². The highest BCUT2D eigenvalue weighted by atomic mass is 16.3. The lowest BCUT2D eigenvalue weighted by Gasteiger charge is -2.27. The van der Waals surface area contributed by atoms with Gasteiger partial charge < -0.3 is 15.8 Å². The third kappa shape index (κ3) is 3.76. The van der Waals surface area contributed by atoms with E-state index in [0.717, 1.165) is 33.9 Å². The number of aromatic amines is 1. The molecule has 0 spiro atoms. The molecule has 4 aromatic rings. The fraction of sp³-hybridized carbons (Fsp3) is 0.154. The van der Waals surface area contributed by atoms with Crippen molar-refractivity contribution < 1.29 is 9.90 Å². The van der Waals surface area contributed by atoms with Gasteiger partial charge in [-0.25, -0.2) is 4.98 Å². The number of fused-ring (bicyclic) bond motifs is 1. The summed E-state index contributed by atoms with van der Waals surface area (Å²) < 4.78 is 0. The van der Waals surface area contributed by atoms with Gasteiger partial charge in [0.05, 0.1) is 17.8 Å². The van der Waals surface area contributed by atoms with E-state index in [1.165, 1.54) is 0 Å². The first kappa shape index (κ1) is 20.0. The molecule has 6 nitrogen and oxygen atoms in total. The molecule has 0 fully saturated rings. The van der Waals surface area contributed by atoms with Crippen LogP contribution in [0, 0.1) is 0 Å². The number of benzene rings is 3. The molecule has 0 saturated heterocycles. The Bertz CT molecular complexity index is 1230. The van der Waals surface area contributed by atoms with Gasteiger partial charge in [-0.2, -0.15) is 0 Å². The summed E-state index contributed by atoms with van der Waals surface area (Å²) in [5, 5.41) is 9.51. The molecule has 0 saturated carbocycles. The van der Waals surface area contributed by atoms with Crippen molar-refractivity contribution >= 4 is 11.6 Å². The largest absolute Gasteiger partial charge is 0.508 e. The SMILES string of the molecule is N[C@@H](Cc1ccc(O)cc1)C(=O)N1c2ccccc2C[C@@H]1c1nc(-c2ccccc2)c[nH]1. The van der Waals surface area contributed by atoms with E-state index < -0.39 is 6.04 Å². The topological polar surface area (TPSA) is 95.2 Å². The van der Waals surface area contributed by atoms with E-state index in [1.54, 1.807) is 29.2 Å². The average Bonchev–Trinajstić information content (AvgIpc) is 3.46. The summed E-state index contributed by atoms with van der Waals surface area (Å²) in [4.78, 5) is 23.4. The Labute approximate surface area is 186 Å². The van der Waals surface area contributed by atoms with Crippen LogP contribution < -0.4 is 10.6 Å². The van der Waals surface area contributed by atoms with E-state index in [-0.39, 0.29) is 17.7 Å². The second-order valence-electron chi connectivity index (χ2n) is 8.07. The Morgan fingerprint density at radius 1 is 1.06 bits per heavy atom. The molecule has 0 radical (unpaired) electrons. The van der Waals surface area contributed by atoms with E-state index in [4.69, 9.17) is 10.7 Å². The number of aromatic hydroxyl groups is 1. The van der Waals surface area contributed by atoms with E-state index in [0.29, 0.717) is 12.8 Å².